The fourth-order valence-corrected chi connectivity index (χ4v) is 5.21. The predicted molar refractivity (Wildman–Crippen MR) is 144 cm³/mol. The lowest BCUT2D eigenvalue weighted by Gasteiger charge is -2.48. The highest BCUT2D eigenvalue weighted by atomic mass is 15.5. The Balaban J connectivity index is 5.82. The lowest BCUT2D eigenvalue weighted by molar-refractivity contribution is -1.10. The normalized spacial score (nSPS) is 16.9. The van der Waals surface area contributed by atoms with Crippen molar-refractivity contribution < 1.29 is 17.9 Å². The van der Waals surface area contributed by atoms with Crippen LogP contribution >= 0.6 is 0 Å². The Labute approximate surface area is 204 Å². The zero-order valence-electron chi connectivity index (χ0n) is 24.5. The zero-order chi connectivity index (χ0) is 24.9. The number of likely N-dealkylation sites (N-methyl/N-ethyl adjacent to an activating group) is 5. The second kappa shape index (κ2) is 14.9. The van der Waals surface area contributed by atoms with Gasteiger partial charge in [0.25, 0.3) is 0 Å². The molecule has 0 aliphatic heterocycles. The number of nitrogens with zero attached hydrogens (tertiary/aromatic N) is 5. The molecule has 0 heterocycles. The summed E-state index contributed by atoms with van der Waals surface area (Å²) in [5.74, 6) is 0. The van der Waals surface area contributed by atoms with Gasteiger partial charge in [0.2, 0.25) is 6.67 Å². The number of hydrogen-bond acceptors (Lipinski definition) is 1. The van der Waals surface area contributed by atoms with Gasteiger partial charge in [-0.1, -0.05) is 13.8 Å². The first-order chi connectivity index (χ1) is 15.0. The van der Waals surface area contributed by atoms with E-state index in [1.807, 2.05) is 0 Å². The number of rotatable bonds is 20. The molecule has 0 saturated carbocycles. The summed E-state index contributed by atoms with van der Waals surface area (Å²) >= 11 is 0. The lowest BCUT2D eigenvalue weighted by atomic mass is 10.2. The van der Waals surface area contributed by atoms with Gasteiger partial charge < -0.3 is 8.97 Å². The van der Waals surface area contributed by atoms with Gasteiger partial charge in [0.05, 0.1) is 66.5 Å². The SMILES string of the molecule is CCN(CC)CC[N+](C)(CC)C[N+](CC)(CC[N+](C)(CC)CC)CC[N+](CC)(CC)CC. The van der Waals surface area contributed by atoms with Crippen LogP contribution in [0.5, 0.6) is 0 Å². The summed E-state index contributed by atoms with van der Waals surface area (Å²) in [6.45, 7) is 41.5. The average molecular weight is 460 g/mol. The van der Waals surface area contributed by atoms with Gasteiger partial charge in [0.15, 0.2) is 0 Å². The maximum absolute atomic E-state index is 2.60. The first-order valence-electron chi connectivity index (χ1n) is 14.1. The van der Waals surface area contributed by atoms with Crippen LogP contribution in [0.2, 0.25) is 0 Å². The van der Waals surface area contributed by atoms with Gasteiger partial charge in [-0.25, -0.2) is 0 Å². The molecule has 5 nitrogen and oxygen atoms in total. The van der Waals surface area contributed by atoms with E-state index in [4.69, 9.17) is 0 Å². The minimum absolute atomic E-state index is 1.17. The minimum Gasteiger partial charge on any atom is -0.322 e. The van der Waals surface area contributed by atoms with Gasteiger partial charge in [0.1, 0.15) is 26.2 Å². The third kappa shape index (κ3) is 9.58. The third-order valence-electron chi connectivity index (χ3n) is 9.63. The molecule has 0 aromatic rings. The molecule has 0 aliphatic carbocycles. The summed E-state index contributed by atoms with van der Waals surface area (Å²) in [6.07, 6.45) is 0. The van der Waals surface area contributed by atoms with Crippen LogP contribution in [0, 0.1) is 0 Å². The second-order valence-electron chi connectivity index (χ2n) is 10.9. The standard InChI is InChI=1S/C27H65N5/c1-12-28(13-2)21-22-30(11,16-5)27-32(20-9,24-23-29(10,14-3)15-4)26-25-31(17-6,18-7)19-8/h12-27H2,1-11H3/q+4. The third-order valence-corrected chi connectivity index (χ3v) is 9.63. The molecule has 0 N–H and O–H groups in total. The van der Waals surface area contributed by atoms with Crippen molar-refractivity contribution in [1.29, 1.82) is 0 Å². The number of hydrogen-bond donors (Lipinski definition) is 0. The summed E-state index contributed by atoms with van der Waals surface area (Å²) < 4.78 is 4.93. The van der Waals surface area contributed by atoms with Crippen molar-refractivity contribution in [2.45, 2.75) is 62.3 Å². The highest BCUT2D eigenvalue weighted by Crippen LogP contribution is 2.19. The van der Waals surface area contributed by atoms with Gasteiger partial charge in [-0.15, -0.1) is 0 Å². The Morgan fingerprint density at radius 1 is 0.438 bits per heavy atom. The number of quaternary nitrogens is 4. The molecule has 0 spiro atoms. The molecule has 0 saturated heterocycles. The van der Waals surface area contributed by atoms with Crippen molar-refractivity contribution >= 4 is 0 Å². The van der Waals surface area contributed by atoms with Gasteiger partial charge in [-0.3, -0.25) is 13.9 Å². The second-order valence-corrected chi connectivity index (χ2v) is 10.9. The summed E-state index contributed by atoms with van der Waals surface area (Å²) in [5, 5.41) is 0. The van der Waals surface area contributed by atoms with Gasteiger partial charge in [-0.05, 0) is 61.6 Å². The monoisotopic (exact) mass is 460 g/mol. The van der Waals surface area contributed by atoms with Gasteiger partial charge >= 0.3 is 0 Å². The average Bonchev–Trinajstić information content (AvgIpc) is 2.84. The molecule has 2 unspecified atom stereocenters. The van der Waals surface area contributed by atoms with Crippen molar-refractivity contribution in [2.75, 3.05) is 119 Å². The Morgan fingerprint density at radius 3 is 1.22 bits per heavy atom. The maximum atomic E-state index is 2.60. The van der Waals surface area contributed by atoms with Crippen molar-refractivity contribution in [1.82, 2.24) is 4.90 Å². The van der Waals surface area contributed by atoms with E-state index >= 15 is 0 Å². The van der Waals surface area contributed by atoms with E-state index in [0.717, 1.165) is 0 Å². The van der Waals surface area contributed by atoms with Crippen LogP contribution in [-0.4, -0.2) is 142 Å². The van der Waals surface area contributed by atoms with Crippen molar-refractivity contribution in [3.8, 4) is 0 Å². The van der Waals surface area contributed by atoms with Crippen LogP contribution in [0.3, 0.4) is 0 Å². The lowest BCUT2D eigenvalue weighted by Crippen LogP contribution is -2.67. The predicted octanol–water partition coefficient (Wildman–Crippen LogP) is 3.95. The molecule has 5 heteroatoms. The quantitative estimate of drug-likeness (QED) is 0.197. The Kier molecular flexibility index (Phi) is 14.8. The summed E-state index contributed by atoms with van der Waals surface area (Å²) in [7, 11) is 4.99. The molecular formula is C27H65N5+4. The summed E-state index contributed by atoms with van der Waals surface area (Å²) in [5.41, 5.74) is 0. The van der Waals surface area contributed by atoms with Crippen LogP contribution in [0.15, 0.2) is 0 Å². The molecule has 0 bridgehead atoms. The first kappa shape index (κ1) is 31.8. The molecule has 0 rings (SSSR count). The van der Waals surface area contributed by atoms with E-state index < -0.39 is 0 Å². The van der Waals surface area contributed by atoms with E-state index in [9.17, 15) is 0 Å². The molecule has 0 fully saturated rings. The Morgan fingerprint density at radius 2 is 0.844 bits per heavy atom. The van der Waals surface area contributed by atoms with Crippen LogP contribution in [-0.2, 0) is 0 Å². The Bertz CT molecular complexity index is 462. The highest BCUT2D eigenvalue weighted by Gasteiger charge is 2.39. The zero-order valence-corrected chi connectivity index (χ0v) is 24.5. The van der Waals surface area contributed by atoms with E-state index in [-0.39, 0.29) is 0 Å². The molecule has 32 heavy (non-hydrogen) atoms. The minimum atomic E-state index is 1.17. The summed E-state index contributed by atoms with van der Waals surface area (Å²) in [4.78, 5) is 2.60. The molecule has 2 atom stereocenters. The first-order valence-corrected chi connectivity index (χ1v) is 14.1. The summed E-state index contributed by atoms with van der Waals surface area (Å²) in [6, 6.07) is 0. The van der Waals surface area contributed by atoms with E-state index in [1.165, 1.54) is 123 Å². The molecule has 0 amide bonds. The Hall–Kier alpha value is -0.200. The van der Waals surface area contributed by atoms with Crippen LogP contribution in [0.4, 0.5) is 0 Å². The van der Waals surface area contributed by atoms with E-state index in [1.54, 1.807) is 0 Å². The highest BCUT2D eigenvalue weighted by molar-refractivity contribution is 4.52. The van der Waals surface area contributed by atoms with Crippen molar-refractivity contribution in [3.63, 3.8) is 0 Å². The van der Waals surface area contributed by atoms with Gasteiger partial charge in [0, 0.05) is 6.54 Å². The molecule has 194 valence electrons. The van der Waals surface area contributed by atoms with Crippen LogP contribution < -0.4 is 0 Å². The van der Waals surface area contributed by atoms with Crippen LogP contribution in [0.1, 0.15) is 62.3 Å². The molecule has 0 radical (unpaired) electrons. The largest absolute Gasteiger partial charge is 0.322 e. The van der Waals surface area contributed by atoms with E-state index in [0.29, 0.717) is 0 Å². The van der Waals surface area contributed by atoms with Crippen LogP contribution in [0.25, 0.3) is 0 Å². The fourth-order valence-electron chi connectivity index (χ4n) is 5.21. The molecule has 0 aromatic heterocycles. The maximum Gasteiger partial charge on any atom is 0.207 e. The molecule has 0 aliphatic rings. The smallest absolute Gasteiger partial charge is 0.207 e. The molecular weight excluding hydrogens is 394 g/mol. The fraction of sp³-hybridized carbons (Fsp3) is 1.00. The van der Waals surface area contributed by atoms with E-state index in [2.05, 4.69) is 81.3 Å². The van der Waals surface area contributed by atoms with Crippen molar-refractivity contribution in [2.24, 2.45) is 0 Å². The van der Waals surface area contributed by atoms with Gasteiger partial charge in [-0.2, -0.15) is 0 Å². The molecule has 0 aromatic carbocycles. The van der Waals surface area contributed by atoms with Crippen molar-refractivity contribution in [3.05, 3.63) is 0 Å². The topological polar surface area (TPSA) is 3.24 Å².